The number of carbonyl (C=O) groups is 1. The van der Waals surface area contributed by atoms with Crippen LogP contribution in [0.15, 0.2) is 65.6 Å². The highest BCUT2D eigenvalue weighted by atomic mass is 28.3. The third-order valence-electron chi connectivity index (χ3n) is 9.38. The van der Waals surface area contributed by atoms with Crippen molar-refractivity contribution in [1.29, 1.82) is 0 Å². The maximum Gasteiger partial charge on any atom is 0.250 e. The Bertz CT molecular complexity index is 1770. The predicted octanol–water partition coefficient (Wildman–Crippen LogP) is 7.35. The number of pyridine rings is 1. The number of amides is 1. The molecule has 0 spiro atoms. The molecule has 8 nitrogen and oxygen atoms in total. The Labute approximate surface area is 280 Å². The molecule has 0 aliphatic heterocycles. The van der Waals surface area contributed by atoms with Crippen molar-refractivity contribution in [2.75, 3.05) is 11.9 Å². The van der Waals surface area contributed by atoms with E-state index < -0.39 is 14.1 Å². The van der Waals surface area contributed by atoms with Crippen molar-refractivity contribution in [3.63, 3.8) is 0 Å². The Morgan fingerprint density at radius 3 is 2.43 bits per heavy atom. The normalized spacial score (nSPS) is 15.7. The average Bonchev–Trinajstić information content (AvgIpc) is 3.17. The van der Waals surface area contributed by atoms with Crippen LogP contribution in [-0.2, 0) is 29.1 Å². The van der Waals surface area contributed by atoms with Gasteiger partial charge in [0.25, 0.3) is 5.56 Å². The SMILES string of the molecule is Cc1nn(COCC[Si](C)(C)C)c(C)c1-c1ccc(NC(=O)[C@@H](N)C2CCCc3ccc(-c4ccc(=O)n(C(C)C)c4)cc3C2)cc1. The van der Waals surface area contributed by atoms with Crippen molar-refractivity contribution in [2.45, 2.75) is 97.9 Å². The van der Waals surface area contributed by atoms with Crippen LogP contribution in [0.5, 0.6) is 0 Å². The van der Waals surface area contributed by atoms with Crippen LogP contribution in [0.25, 0.3) is 22.3 Å². The van der Waals surface area contributed by atoms with Gasteiger partial charge in [0, 0.05) is 49.9 Å². The number of nitrogens with two attached hydrogens (primary N) is 1. The lowest BCUT2D eigenvalue weighted by atomic mass is 9.89. The lowest BCUT2D eigenvalue weighted by Gasteiger charge is -2.22. The molecule has 5 rings (SSSR count). The Balaban J connectivity index is 1.24. The van der Waals surface area contributed by atoms with E-state index in [-0.39, 0.29) is 23.4 Å². The molecule has 3 N–H and O–H groups in total. The zero-order chi connectivity index (χ0) is 33.9. The Morgan fingerprint density at radius 2 is 1.72 bits per heavy atom. The van der Waals surface area contributed by atoms with Crippen molar-refractivity contribution in [2.24, 2.45) is 11.7 Å². The second kappa shape index (κ2) is 14.5. The van der Waals surface area contributed by atoms with Crippen LogP contribution in [0.3, 0.4) is 0 Å². The van der Waals surface area contributed by atoms with Crippen LogP contribution in [0.4, 0.5) is 5.69 Å². The van der Waals surface area contributed by atoms with Gasteiger partial charge < -0.3 is 20.4 Å². The fourth-order valence-corrected chi connectivity index (χ4v) is 7.25. The van der Waals surface area contributed by atoms with Gasteiger partial charge in [-0.05, 0) is 111 Å². The van der Waals surface area contributed by atoms with Gasteiger partial charge in [0.05, 0.1) is 11.7 Å². The number of fused-ring (bicyclic) bond motifs is 1. The van der Waals surface area contributed by atoms with E-state index in [1.807, 2.05) is 62.0 Å². The molecule has 2 aromatic heterocycles. The molecule has 1 aliphatic rings. The van der Waals surface area contributed by atoms with Crippen molar-refractivity contribution >= 4 is 19.7 Å². The van der Waals surface area contributed by atoms with Gasteiger partial charge in [-0.15, -0.1) is 0 Å². The number of hydrogen-bond acceptors (Lipinski definition) is 5. The van der Waals surface area contributed by atoms with Gasteiger partial charge in [-0.2, -0.15) is 5.10 Å². The maximum absolute atomic E-state index is 13.4. The molecule has 0 saturated carbocycles. The first-order valence-electron chi connectivity index (χ1n) is 16.9. The Kier molecular flexibility index (Phi) is 10.7. The van der Waals surface area contributed by atoms with E-state index >= 15 is 0 Å². The van der Waals surface area contributed by atoms with Gasteiger partial charge >= 0.3 is 0 Å². The van der Waals surface area contributed by atoms with Gasteiger partial charge in [-0.25, -0.2) is 4.68 Å². The molecule has 4 aromatic rings. The van der Waals surface area contributed by atoms with Crippen LogP contribution < -0.4 is 16.6 Å². The molecule has 47 heavy (non-hydrogen) atoms. The van der Waals surface area contributed by atoms with E-state index in [0.717, 1.165) is 77.7 Å². The molecule has 1 amide bonds. The largest absolute Gasteiger partial charge is 0.360 e. The monoisotopic (exact) mass is 653 g/mol. The summed E-state index contributed by atoms with van der Waals surface area (Å²) >= 11 is 0. The molecular weight excluding hydrogens is 603 g/mol. The molecule has 1 aliphatic carbocycles. The number of benzene rings is 2. The highest BCUT2D eigenvalue weighted by molar-refractivity contribution is 6.76. The topological polar surface area (TPSA) is 104 Å². The van der Waals surface area contributed by atoms with E-state index in [0.29, 0.717) is 6.73 Å². The predicted molar refractivity (Wildman–Crippen MR) is 195 cm³/mol. The third kappa shape index (κ3) is 8.39. The zero-order valence-electron chi connectivity index (χ0n) is 29.1. The molecule has 0 radical (unpaired) electrons. The maximum atomic E-state index is 13.4. The van der Waals surface area contributed by atoms with Crippen molar-refractivity contribution < 1.29 is 9.53 Å². The number of hydrogen-bond donors (Lipinski definition) is 2. The average molecular weight is 654 g/mol. The van der Waals surface area contributed by atoms with Crippen LogP contribution in [0.1, 0.15) is 55.2 Å². The van der Waals surface area contributed by atoms with Crippen molar-refractivity contribution in [1.82, 2.24) is 14.3 Å². The number of aromatic nitrogens is 3. The number of aryl methyl sites for hydroxylation is 2. The number of carbonyl (C=O) groups excluding carboxylic acids is 1. The molecule has 1 unspecified atom stereocenters. The summed E-state index contributed by atoms with van der Waals surface area (Å²) in [7, 11) is -1.14. The molecule has 2 heterocycles. The molecule has 0 bridgehead atoms. The minimum absolute atomic E-state index is 0.000156. The first kappa shape index (κ1) is 34.5. The molecule has 0 fully saturated rings. The second-order valence-electron chi connectivity index (χ2n) is 14.6. The van der Waals surface area contributed by atoms with Gasteiger partial charge in [-0.3, -0.25) is 9.59 Å². The zero-order valence-corrected chi connectivity index (χ0v) is 30.1. The highest BCUT2D eigenvalue weighted by Gasteiger charge is 2.28. The molecule has 2 aromatic carbocycles. The summed E-state index contributed by atoms with van der Waals surface area (Å²) in [5.74, 6) is -0.137. The summed E-state index contributed by atoms with van der Waals surface area (Å²) in [6.45, 7) is 16.4. The van der Waals surface area contributed by atoms with Crippen LogP contribution >= 0.6 is 0 Å². The van der Waals surface area contributed by atoms with E-state index in [9.17, 15) is 9.59 Å². The van der Waals surface area contributed by atoms with Crippen molar-refractivity contribution in [3.05, 3.63) is 93.7 Å². The quantitative estimate of drug-likeness (QED) is 0.100. The van der Waals surface area contributed by atoms with Crippen LogP contribution in [0, 0.1) is 19.8 Å². The first-order valence-corrected chi connectivity index (χ1v) is 20.6. The fourth-order valence-electron chi connectivity index (χ4n) is 6.49. The fraction of sp³-hybridized carbons (Fsp3) is 0.447. The molecule has 250 valence electrons. The van der Waals surface area contributed by atoms with Crippen LogP contribution in [-0.4, -0.2) is 41.0 Å². The molecule has 2 atom stereocenters. The lowest BCUT2D eigenvalue weighted by Crippen LogP contribution is -2.42. The minimum Gasteiger partial charge on any atom is -0.360 e. The first-order chi connectivity index (χ1) is 22.3. The summed E-state index contributed by atoms with van der Waals surface area (Å²) in [5, 5.41) is 7.80. The molecular formula is C38H51N5O3Si. The summed E-state index contributed by atoms with van der Waals surface area (Å²) in [6, 6.07) is 18.6. The number of rotatable bonds is 11. The standard InChI is InChI=1S/C38H51N5O3Si/c1-25(2)42-23-32(15-18-35(42)44)30-12-11-28-9-8-10-31(22-33(28)21-30)37(39)38(45)40-34-16-13-29(14-17-34)36-26(3)41-43(27(36)4)24-46-19-20-47(5,6)7/h11-18,21,23,25,31,37H,8-10,19-20,22,24,39H2,1-7H3,(H,40,45)/t31?,37-/m0/s1. The number of ether oxygens (including phenoxy) is 1. The van der Waals surface area contributed by atoms with Gasteiger partial charge in [0.15, 0.2) is 0 Å². The molecule has 0 saturated heterocycles. The van der Waals surface area contributed by atoms with Gasteiger partial charge in [0.1, 0.15) is 6.73 Å². The lowest BCUT2D eigenvalue weighted by molar-refractivity contribution is -0.118. The third-order valence-corrected chi connectivity index (χ3v) is 11.1. The van der Waals surface area contributed by atoms with E-state index in [1.165, 1.54) is 11.1 Å². The van der Waals surface area contributed by atoms with Crippen molar-refractivity contribution in [3.8, 4) is 22.3 Å². The number of nitrogens with one attached hydrogen (secondary N) is 1. The van der Waals surface area contributed by atoms with E-state index in [2.05, 4.69) is 50.1 Å². The summed E-state index contributed by atoms with van der Waals surface area (Å²) in [6.07, 6.45) is 5.52. The van der Waals surface area contributed by atoms with Gasteiger partial charge in [0.2, 0.25) is 5.91 Å². The summed E-state index contributed by atoms with van der Waals surface area (Å²) in [5.41, 5.74) is 16.2. The number of nitrogens with zero attached hydrogens (tertiary/aromatic N) is 3. The smallest absolute Gasteiger partial charge is 0.250 e. The minimum atomic E-state index is -1.14. The van der Waals surface area contributed by atoms with E-state index in [1.54, 1.807) is 10.6 Å². The van der Waals surface area contributed by atoms with E-state index in [4.69, 9.17) is 15.6 Å². The highest BCUT2D eigenvalue weighted by Crippen LogP contribution is 2.31. The number of anilines is 1. The second-order valence-corrected chi connectivity index (χ2v) is 20.2. The molecule has 9 heteroatoms. The van der Waals surface area contributed by atoms with Gasteiger partial charge in [-0.1, -0.05) is 50.0 Å². The van der Waals surface area contributed by atoms with Crippen LogP contribution in [0.2, 0.25) is 25.7 Å². The summed E-state index contributed by atoms with van der Waals surface area (Å²) in [4.78, 5) is 25.7. The summed E-state index contributed by atoms with van der Waals surface area (Å²) < 4.78 is 9.64. The Morgan fingerprint density at radius 1 is 1.02 bits per heavy atom. The Hall–Kier alpha value is -3.79.